The van der Waals surface area contributed by atoms with Crippen LogP contribution in [-0.2, 0) is 0 Å². The number of carbonyl (C=O) groups is 1. The Morgan fingerprint density at radius 3 is 2.33 bits per heavy atom. The maximum atomic E-state index is 11.1. The molecule has 0 atom stereocenters. The molecule has 2 aromatic rings. The van der Waals surface area contributed by atoms with Crippen molar-refractivity contribution in [3.05, 3.63) is 55.2 Å². The number of ketones is 1. The monoisotopic (exact) mass is 414 g/mol. The Bertz CT molecular complexity index is 694. The first kappa shape index (κ1) is 15.6. The smallest absolute Gasteiger partial charge is 0.271 e. The second-order valence-corrected chi connectivity index (χ2v) is 5.74. The molecular formula is C13H8Br2N2O4. The Kier molecular flexibility index (Phi) is 4.69. The zero-order valence-corrected chi connectivity index (χ0v) is 13.8. The van der Waals surface area contributed by atoms with Crippen LogP contribution in [-0.4, -0.2) is 15.7 Å². The van der Waals surface area contributed by atoms with Gasteiger partial charge in [-0.1, -0.05) is 0 Å². The first-order valence-corrected chi connectivity index (χ1v) is 7.25. The van der Waals surface area contributed by atoms with Crippen LogP contribution >= 0.6 is 31.9 Å². The van der Waals surface area contributed by atoms with Gasteiger partial charge in [0.1, 0.15) is 11.4 Å². The van der Waals surface area contributed by atoms with Gasteiger partial charge in [0.2, 0.25) is 0 Å². The average molecular weight is 416 g/mol. The summed E-state index contributed by atoms with van der Waals surface area (Å²) in [7, 11) is 0. The molecular weight excluding hydrogens is 408 g/mol. The zero-order chi connectivity index (χ0) is 15.6. The van der Waals surface area contributed by atoms with Gasteiger partial charge >= 0.3 is 0 Å². The lowest BCUT2D eigenvalue weighted by Gasteiger charge is -2.09. The maximum Gasteiger partial charge on any atom is 0.271 e. The molecule has 0 N–H and O–H groups in total. The van der Waals surface area contributed by atoms with Crippen molar-refractivity contribution in [2.75, 3.05) is 0 Å². The van der Waals surface area contributed by atoms with Crippen LogP contribution in [0.3, 0.4) is 0 Å². The van der Waals surface area contributed by atoms with Crippen molar-refractivity contribution < 1.29 is 14.5 Å². The summed E-state index contributed by atoms with van der Waals surface area (Å²) < 4.78 is 6.48. The van der Waals surface area contributed by atoms with Gasteiger partial charge in [-0.15, -0.1) is 0 Å². The van der Waals surface area contributed by atoms with Gasteiger partial charge in [-0.05, 0) is 44.0 Å². The number of halogens is 2. The number of nitro groups is 1. The molecule has 8 heteroatoms. The van der Waals surface area contributed by atoms with E-state index < -0.39 is 4.92 Å². The number of rotatable bonds is 4. The largest absolute Gasteiger partial charge is 0.453 e. The van der Waals surface area contributed by atoms with E-state index in [0.29, 0.717) is 26.1 Å². The molecule has 0 aliphatic heterocycles. The molecule has 0 radical (unpaired) electrons. The van der Waals surface area contributed by atoms with Gasteiger partial charge in [0.15, 0.2) is 11.5 Å². The fourth-order valence-corrected chi connectivity index (χ4v) is 2.84. The molecule has 0 spiro atoms. The number of carbonyl (C=O) groups excluding carboxylic acids is 1. The number of pyridine rings is 1. The molecule has 2 rings (SSSR count). The summed E-state index contributed by atoms with van der Waals surface area (Å²) in [5, 5.41) is 10.8. The lowest BCUT2D eigenvalue weighted by molar-refractivity contribution is -0.385. The third-order valence-corrected chi connectivity index (χ3v) is 3.69. The summed E-state index contributed by atoms with van der Waals surface area (Å²) in [5.74, 6) is 0.660. The van der Waals surface area contributed by atoms with Crippen LogP contribution in [0.25, 0.3) is 0 Å². The van der Waals surface area contributed by atoms with Crippen molar-refractivity contribution in [1.29, 1.82) is 0 Å². The van der Waals surface area contributed by atoms with Crippen LogP contribution in [0.5, 0.6) is 11.5 Å². The topological polar surface area (TPSA) is 82.3 Å². The van der Waals surface area contributed by atoms with E-state index in [1.165, 1.54) is 25.3 Å². The number of benzene rings is 1. The van der Waals surface area contributed by atoms with Gasteiger partial charge in [0.05, 0.1) is 20.1 Å². The van der Waals surface area contributed by atoms with Crippen molar-refractivity contribution in [1.82, 2.24) is 4.98 Å². The molecule has 0 saturated heterocycles. The summed E-state index contributed by atoms with van der Waals surface area (Å²) in [4.78, 5) is 25.4. The lowest BCUT2D eigenvalue weighted by atomic mass is 10.2. The molecule has 1 aromatic heterocycles. The average Bonchev–Trinajstić information content (AvgIpc) is 2.43. The molecule has 21 heavy (non-hydrogen) atoms. The molecule has 0 unspecified atom stereocenters. The number of nitro benzene ring substituents is 1. The van der Waals surface area contributed by atoms with Crippen LogP contribution in [0.2, 0.25) is 0 Å². The molecule has 6 nitrogen and oxygen atoms in total. The highest BCUT2D eigenvalue weighted by Crippen LogP contribution is 2.39. The van der Waals surface area contributed by atoms with Crippen molar-refractivity contribution >= 4 is 43.3 Å². The van der Waals surface area contributed by atoms with Gasteiger partial charge in [0, 0.05) is 19.1 Å². The van der Waals surface area contributed by atoms with Crippen molar-refractivity contribution in [3.63, 3.8) is 0 Å². The summed E-state index contributed by atoms with van der Waals surface area (Å²) in [6, 6.07) is 5.84. The molecule has 0 fully saturated rings. The Labute approximate surface area is 136 Å². The highest BCUT2D eigenvalue weighted by Gasteiger charge is 2.16. The third-order valence-electron chi connectivity index (χ3n) is 2.51. The van der Waals surface area contributed by atoms with Gasteiger partial charge in [0.25, 0.3) is 5.69 Å². The second-order valence-electron chi connectivity index (χ2n) is 4.03. The highest BCUT2D eigenvalue weighted by atomic mass is 79.9. The van der Waals surface area contributed by atoms with Gasteiger partial charge in [-0.3, -0.25) is 14.9 Å². The Balaban J connectivity index is 2.31. The number of non-ortho nitro benzene ring substituents is 1. The van der Waals surface area contributed by atoms with Gasteiger partial charge in [-0.2, -0.15) is 0 Å². The number of ether oxygens (including phenoxy) is 1. The molecule has 0 saturated carbocycles. The van der Waals surface area contributed by atoms with E-state index in [-0.39, 0.29) is 11.5 Å². The van der Waals surface area contributed by atoms with Crippen LogP contribution in [0.15, 0.2) is 39.4 Å². The standard InChI is InChI=1S/C13H8Br2N2O4/c1-7(18)12-3-2-9(6-16-12)21-13-10(14)4-8(17(19)20)5-11(13)15/h2-6H,1H3. The van der Waals surface area contributed by atoms with Crippen LogP contribution < -0.4 is 4.74 Å². The van der Waals surface area contributed by atoms with Crippen molar-refractivity contribution in [3.8, 4) is 11.5 Å². The highest BCUT2D eigenvalue weighted by molar-refractivity contribution is 9.11. The fraction of sp³-hybridized carbons (Fsp3) is 0.0769. The van der Waals surface area contributed by atoms with Gasteiger partial charge < -0.3 is 4.74 Å². The Hall–Kier alpha value is -1.80. The summed E-state index contributed by atoms with van der Waals surface area (Å²) in [6.07, 6.45) is 1.41. The number of Topliss-reactive ketones (excluding diaryl/α,β-unsaturated/α-hetero) is 1. The van der Waals surface area contributed by atoms with E-state index in [2.05, 4.69) is 36.8 Å². The number of aromatic nitrogens is 1. The lowest BCUT2D eigenvalue weighted by Crippen LogP contribution is -1.96. The summed E-state index contributed by atoms with van der Waals surface area (Å²) in [5.41, 5.74) is 0.273. The van der Waals surface area contributed by atoms with Crippen molar-refractivity contribution in [2.24, 2.45) is 0 Å². The van der Waals surface area contributed by atoms with Crippen LogP contribution in [0.1, 0.15) is 17.4 Å². The quantitative estimate of drug-likeness (QED) is 0.416. The summed E-state index contributed by atoms with van der Waals surface area (Å²) >= 11 is 6.45. The number of nitrogens with zero attached hydrogens (tertiary/aromatic N) is 2. The first-order chi connectivity index (χ1) is 9.88. The van der Waals surface area contributed by atoms with E-state index in [4.69, 9.17) is 4.74 Å². The first-order valence-electron chi connectivity index (χ1n) is 5.66. The number of hydrogen-bond donors (Lipinski definition) is 0. The van der Waals surface area contributed by atoms with E-state index in [1.54, 1.807) is 12.1 Å². The molecule has 1 heterocycles. The Morgan fingerprint density at radius 2 is 1.90 bits per heavy atom. The normalized spacial score (nSPS) is 10.2. The maximum absolute atomic E-state index is 11.1. The zero-order valence-electron chi connectivity index (χ0n) is 10.7. The molecule has 0 aliphatic carbocycles. The fourth-order valence-electron chi connectivity index (χ4n) is 1.52. The van der Waals surface area contributed by atoms with Gasteiger partial charge in [-0.25, -0.2) is 4.98 Å². The minimum Gasteiger partial charge on any atom is -0.453 e. The minimum absolute atomic E-state index is 0.0637. The SMILES string of the molecule is CC(=O)c1ccc(Oc2c(Br)cc([N+](=O)[O-])cc2Br)cn1. The molecule has 0 bridgehead atoms. The van der Waals surface area contributed by atoms with Crippen LogP contribution in [0.4, 0.5) is 5.69 Å². The van der Waals surface area contributed by atoms with E-state index >= 15 is 0 Å². The van der Waals surface area contributed by atoms with E-state index in [1.807, 2.05) is 0 Å². The van der Waals surface area contributed by atoms with E-state index in [9.17, 15) is 14.9 Å². The van der Waals surface area contributed by atoms with Crippen LogP contribution in [0, 0.1) is 10.1 Å². The molecule has 108 valence electrons. The minimum atomic E-state index is -0.498. The van der Waals surface area contributed by atoms with Crippen molar-refractivity contribution in [2.45, 2.75) is 6.92 Å². The summed E-state index contributed by atoms with van der Waals surface area (Å²) in [6.45, 7) is 1.42. The molecule has 1 aromatic carbocycles. The van der Waals surface area contributed by atoms with E-state index in [0.717, 1.165) is 0 Å². The predicted molar refractivity (Wildman–Crippen MR) is 82.8 cm³/mol. The third kappa shape index (κ3) is 3.64. The molecule has 0 aliphatic rings. The second kappa shape index (κ2) is 6.31. The predicted octanol–water partition coefficient (Wildman–Crippen LogP) is 4.51. The Morgan fingerprint density at radius 1 is 1.29 bits per heavy atom. The molecule has 0 amide bonds. The number of hydrogen-bond acceptors (Lipinski definition) is 5.